The van der Waals surface area contributed by atoms with E-state index in [0.29, 0.717) is 6.54 Å². The van der Waals surface area contributed by atoms with Crippen molar-refractivity contribution in [2.24, 2.45) is 5.73 Å². The van der Waals surface area contributed by atoms with Crippen molar-refractivity contribution in [3.63, 3.8) is 0 Å². The van der Waals surface area contributed by atoms with Gasteiger partial charge in [0.25, 0.3) is 5.91 Å². The minimum Gasteiger partial charge on any atom is -0.364 e. The lowest BCUT2D eigenvalue weighted by Gasteiger charge is -2.35. The Morgan fingerprint density at radius 2 is 2.12 bits per heavy atom. The minimum atomic E-state index is -0.565. The van der Waals surface area contributed by atoms with Gasteiger partial charge in [0.1, 0.15) is 5.69 Å². The fraction of sp³-hybridized carbons (Fsp3) is 0.625. The van der Waals surface area contributed by atoms with Gasteiger partial charge in [-0.15, -0.1) is 0 Å². The van der Waals surface area contributed by atoms with Crippen molar-refractivity contribution in [2.75, 3.05) is 13.1 Å². The number of rotatable bonds is 5. The molecular formula is C16H24N6O3. The number of aromatic amines is 1. The molecule has 1 saturated heterocycles. The molecule has 0 bridgehead atoms. The topological polar surface area (TPSA) is 133 Å². The van der Waals surface area contributed by atoms with Crippen LogP contribution in [0.2, 0.25) is 0 Å². The van der Waals surface area contributed by atoms with Crippen molar-refractivity contribution in [3.8, 4) is 0 Å². The summed E-state index contributed by atoms with van der Waals surface area (Å²) in [6.45, 7) is 3.23. The molecule has 3 rings (SSSR count). The molecule has 1 aliphatic carbocycles. The van der Waals surface area contributed by atoms with Gasteiger partial charge in [-0.05, 0) is 45.2 Å². The van der Waals surface area contributed by atoms with Gasteiger partial charge in [-0.2, -0.15) is 5.10 Å². The molecule has 2 aliphatic rings. The lowest BCUT2D eigenvalue weighted by atomic mass is 9.93. The van der Waals surface area contributed by atoms with E-state index >= 15 is 0 Å². The van der Waals surface area contributed by atoms with Crippen LogP contribution in [0.5, 0.6) is 0 Å². The molecule has 1 aliphatic heterocycles. The van der Waals surface area contributed by atoms with E-state index in [9.17, 15) is 14.4 Å². The van der Waals surface area contributed by atoms with Crippen LogP contribution < -0.4 is 16.4 Å². The summed E-state index contributed by atoms with van der Waals surface area (Å²) in [7, 11) is 0. The normalized spacial score (nSPS) is 22.2. The van der Waals surface area contributed by atoms with Gasteiger partial charge >= 0.3 is 6.03 Å². The van der Waals surface area contributed by atoms with Crippen molar-refractivity contribution in [1.82, 2.24) is 25.7 Å². The molecule has 2 atom stereocenters. The van der Waals surface area contributed by atoms with Gasteiger partial charge in [0, 0.05) is 24.2 Å². The predicted octanol–water partition coefficient (Wildman–Crippen LogP) is 0.0647. The standard InChI is InChI=1S/C16H24N6O3/c1-9(15(24)19-16(25)18-11-4-5-11)22-6-2-3-10(8-22)12-7-13(14(17)23)21-20-12/h7,9-11H,2-6,8H2,1H3,(H2,17,23)(H,20,21)(H2,18,19,24,25). The van der Waals surface area contributed by atoms with Crippen molar-refractivity contribution in [1.29, 1.82) is 0 Å². The smallest absolute Gasteiger partial charge is 0.321 e. The Labute approximate surface area is 145 Å². The Balaban J connectivity index is 1.56. The van der Waals surface area contributed by atoms with Crippen molar-refractivity contribution < 1.29 is 14.4 Å². The molecule has 25 heavy (non-hydrogen) atoms. The molecule has 0 spiro atoms. The zero-order valence-electron chi connectivity index (χ0n) is 14.2. The summed E-state index contributed by atoms with van der Waals surface area (Å²) < 4.78 is 0. The molecule has 9 nitrogen and oxygen atoms in total. The summed E-state index contributed by atoms with van der Waals surface area (Å²) in [5.41, 5.74) is 6.30. The van der Waals surface area contributed by atoms with Crippen LogP contribution >= 0.6 is 0 Å². The average Bonchev–Trinajstić information content (AvgIpc) is 3.25. The number of urea groups is 1. The maximum Gasteiger partial charge on any atom is 0.321 e. The highest BCUT2D eigenvalue weighted by molar-refractivity contribution is 5.97. The van der Waals surface area contributed by atoms with E-state index in [-0.39, 0.29) is 23.6 Å². The molecule has 0 radical (unpaired) electrons. The van der Waals surface area contributed by atoms with Gasteiger partial charge in [0.15, 0.2) is 0 Å². The van der Waals surface area contributed by atoms with Crippen molar-refractivity contribution in [2.45, 2.75) is 50.6 Å². The zero-order chi connectivity index (χ0) is 18.0. The maximum atomic E-state index is 12.3. The first kappa shape index (κ1) is 17.4. The number of amides is 4. The second-order valence-electron chi connectivity index (χ2n) is 6.82. The Morgan fingerprint density at radius 1 is 1.36 bits per heavy atom. The molecule has 2 unspecified atom stereocenters. The van der Waals surface area contributed by atoms with Gasteiger partial charge in [-0.3, -0.25) is 24.9 Å². The first-order valence-electron chi connectivity index (χ1n) is 8.64. The average molecular weight is 348 g/mol. The highest BCUT2D eigenvalue weighted by Crippen LogP contribution is 2.27. The zero-order valence-corrected chi connectivity index (χ0v) is 14.2. The number of nitrogens with zero attached hydrogens (tertiary/aromatic N) is 2. The second-order valence-corrected chi connectivity index (χ2v) is 6.82. The third-order valence-electron chi connectivity index (χ3n) is 4.82. The maximum absolute atomic E-state index is 12.3. The van der Waals surface area contributed by atoms with Crippen LogP contribution in [0.1, 0.15) is 54.7 Å². The van der Waals surface area contributed by atoms with Crippen molar-refractivity contribution in [3.05, 3.63) is 17.5 Å². The number of likely N-dealkylation sites (tertiary alicyclic amines) is 1. The van der Waals surface area contributed by atoms with Crippen LogP contribution in [-0.4, -0.2) is 58.1 Å². The summed E-state index contributed by atoms with van der Waals surface area (Å²) in [4.78, 5) is 37.2. The van der Waals surface area contributed by atoms with E-state index < -0.39 is 18.0 Å². The fourth-order valence-electron chi connectivity index (χ4n) is 3.12. The third kappa shape index (κ3) is 4.36. The number of carbonyl (C=O) groups excluding carboxylic acids is 3. The van der Waals surface area contributed by atoms with E-state index in [1.54, 1.807) is 13.0 Å². The highest BCUT2D eigenvalue weighted by atomic mass is 16.2. The number of piperidine rings is 1. The molecule has 0 aromatic carbocycles. The number of hydrogen-bond acceptors (Lipinski definition) is 5. The van der Waals surface area contributed by atoms with Gasteiger partial charge < -0.3 is 11.1 Å². The number of hydrogen-bond donors (Lipinski definition) is 4. The van der Waals surface area contributed by atoms with Gasteiger partial charge in [-0.25, -0.2) is 4.79 Å². The number of H-pyrrole nitrogens is 1. The number of nitrogens with one attached hydrogen (secondary N) is 3. The second kappa shape index (κ2) is 7.22. The summed E-state index contributed by atoms with van der Waals surface area (Å²) >= 11 is 0. The lowest BCUT2D eigenvalue weighted by Crippen LogP contribution is -2.52. The van der Waals surface area contributed by atoms with E-state index in [1.807, 2.05) is 4.90 Å². The van der Waals surface area contributed by atoms with E-state index in [0.717, 1.165) is 37.9 Å². The van der Waals surface area contributed by atoms with Crippen LogP contribution in [0.4, 0.5) is 4.79 Å². The van der Waals surface area contributed by atoms with Crippen LogP contribution in [0.25, 0.3) is 0 Å². The SMILES string of the molecule is CC(C(=O)NC(=O)NC1CC1)N1CCCC(c2cc(C(N)=O)n[nH]2)C1. The van der Waals surface area contributed by atoms with Crippen LogP contribution in [0, 0.1) is 0 Å². The fourth-order valence-corrected chi connectivity index (χ4v) is 3.12. The molecule has 1 saturated carbocycles. The number of carbonyl (C=O) groups is 3. The van der Waals surface area contributed by atoms with E-state index in [1.165, 1.54) is 0 Å². The summed E-state index contributed by atoms with van der Waals surface area (Å²) in [5, 5.41) is 11.9. The molecule has 2 fully saturated rings. The van der Waals surface area contributed by atoms with E-state index in [2.05, 4.69) is 20.8 Å². The molecular weight excluding hydrogens is 324 g/mol. The number of imide groups is 1. The van der Waals surface area contributed by atoms with Crippen LogP contribution in [0.15, 0.2) is 6.07 Å². The third-order valence-corrected chi connectivity index (χ3v) is 4.82. The molecule has 5 N–H and O–H groups in total. The molecule has 1 aromatic rings. The molecule has 9 heteroatoms. The van der Waals surface area contributed by atoms with E-state index in [4.69, 9.17) is 5.73 Å². The largest absolute Gasteiger partial charge is 0.364 e. The first-order valence-corrected chi connectivity index (χ1v) is 8.64. The van der Waals surface area contributed by atoms with Crippen LogP contribution in [0.3, 0.4) is 0 Å². The number of aromatic nitrogens is 2. The monoisotopic (exact) mass is 348 g/mol. The Morgan fingerprint density at radius 3 is 2.76 bits per heavy atom. The number of primary amides is 1. The summed E-state index contributed by atoms with van der Waals surface area (Å²) in [5.74, 6) is -0.726. The van der Waals surface area contributed by atoms with Crippen molar-refractivity contribution >= 4 is 17.8 Å². The molecule has 2 heterocycles. The van der Waals surface area contributed by atoms with Gasteiger partial charge in [0.05, 0.1) is 6.04 Å². The van der Waals surface area contributed by atoms with Crippen LogP contribution in [-0.2, 0) is 4.79 Å². The number of nitrogens with two attached hydrogens (primary N) is 1. The Hall–Kier alpha value is -2.42. The first-order chi connectivity index (χ1) is 11.9. The molecule has 136 valence electrons. The molecule has 1 aromatic heterocycles. The quantitative estimate of drug-likeness (QED) is 0.597. The Bertz CT molecular complexity index is 669. The highest BCUT2D eigenvalue weighted by Gasteiger charge is 2.31. The molecule has 4 amide bonds. The van der Waals surface area contributed by atoms with Gasteiger partial charge in [0.2, 0.25) is 5.91 Å². The summed E-state index contributed by atoms with van der Waals surface area (Å²) in [6.07, 6.45) is 3.81. The lowest BCUT2D eigenvalue weighted by molar-refractivity contribution is -0.125. The minimum absolute atomic E-state index is 0.143. The Kier molecular flexibility index (Phi) is 5.03. The summed E-state index contributed by atoms with van der Waals surface area (Å²) in [6, 6.07) is 1.05. The predicted molar refractivity (Wildman–Crippen MR) is 89.8 cm³/mol. The van der Waals surface area contributed by atoms with Gasteiger partial charge in [-0.1, -0.05) is 0 Å².